The second-order valence-electron chi connectivity index (χ2n) is 8.92. The molecule has 188 valence electrons. The summed E-state index contributed by atoms with van der Waals surface area (Å²) in [5.74, 6) is 0.452. The van der Waals surface area contributed by atoms with Crippen molar-refractivity contribution < 1.29 is 14.3 Å². The highest BCUT2D eigenvalue weighted by Crippen LogP contribution is 2.34. The van der Waals surface area contributed by atoms with Crippen LogP contribution in [0, 0.1) is 13.8 Å². The molecule has 5 rings (SSSR count). The van der Waals surface area contributed by atoms with Gasteiger partial charge in [-0.15, -0.1) is 0 Å². The van der Waals surface area contributed by atoms with Crippen molar-refractivity contribution in [2.24, 2.45) is 0 Å². The topological polar surface area (TPSA) is 51.5 Å². The number of fused-ring (bicyclic) bond motifs is 1. The molecule has 0 spiro atoms. The maximum absolute atomic E-state index is 13.1. The number of carbonyl (C=O) groups is 2. The first kappa shape index (κ1) is 25.5. The fraction of sp³-hybridized carbons (Fsp3) is 0.172. The maximum Gasteiger partial charge on any atom is 0.293 e. The number of hydrogen-bond acceptors (Lipinski definition) is 4. The van der Waals surface area contributed by atoms with Gasteiger partial charge in [-0.3, -0.25) is 14.5 Å². The number of halogens is 2. The Bertz CT molecular complexity index is 1560. The normalized spacial score (nSPS) is 14.8. The number of amides is 2. The minimum atomic E-state index is -0.308. The van der Waals surface area contributed by atoms with Gasteiger partial charge in [0, 0.05) is 39.3 Å². The van der Waals surface area contributed by atoms with Gasteiger partial charge in [0.25, 0.3) is 11.1 Å². The molecule has 1 aromatic heterocycles. The SMILES string of the molecule is Cc1ccc(C)c(OCCN2C(=O)S/C(=C\c3cn(Cc4ccc(Cl)cc4Cl)c4ccccc34)C2=O)c1. The number of hydrogen-bond donors (Lipinski definition) is 0. The van der Waals surface area contributed by atoms with Crippen molar-refractivity contribution in [2.45, 2.75) is 20.4 Å². The van der Waals surface area contributed by atoms with Crippen LogP contribution in [-0.4, -0.2) is 33.8 Å². The van der Waals surface area contributed by atoms with Crippen LogP contribution in [-0.2, 0) is 11.3 Å². The highest BCUT2D eigenvalue weighted by molar-refractivity contribution is 8.18. The lowest BCUT2D eigenvalue weighted by atomic mass is 10.1. The molecule has 0 aliphatic carbocycles. The van der Waals surface area contributed by atoms with Gasteiger partial charge in [-0.1, -0.05) is 59.6 Å². The summed E-state index contributed by atoms with van der Waals surface area (Å²) in [7, 11) is 0. The largest absolute Gasteiger partial charge is 0.491 e. The fourth-order valence-corrected chi connectivity index (χ4v) is 5.62. The summed E-state index contributed by atoms with van der Waals surface area (Å²) in [6.45, 7) is 4.92. The number of aryl methyl sites for hydroxylation is 2. The Morgan fingerprint density at radius 1 is 1.00 bits per heavy atom. The zero-order valence-electron chi connectivity index (χ0n) is 20.3. The molecule has 1 saturated heterocycles. The predicted octanol–water partition coefficient (Wildman–Crippen LogP) is 7.73. The van der Waals surface area contributed by atoms with E-state index >= 15 is 0 Å². The molecular weight excluding hydrogens is 527 g/mol. The van der Waals surface area contributed by atoms with Crippen molar-refractivity contribution in [1.82, 2.24) is 9.47 Å². The van der Waals surface area contributed by atoms with Gasteiger partial charge in [0.2, 0.25) is 0 Å². The summed E-state index contributed by atoms with van der Waals surface area (Å²) < 4.78 is 7.95. The number of carbonyl (C=O) groups excluding carboxylic acids is 2. The Hall–Kier alpha value is -3.19. The van der Waals surface area contributed by atoms with E-state index in [4.69, 9.17) is 27.9 Å². The zero-order chi connectivity index (χ0) is 26.1. The Labute approximate surface area is 229 Å². The molecule has 8 heteroatoms. The molecule has 4 aromatic rings. The molecule has 1 fully saturated rings. The van der Waals surface area contributed by atoms with Crippen LogP contribution in [0.4, 0.5) is 4.79 Å². The van der Waals surface area contributed by atoms with Gasteiger partial charge in [0.1, 0.15) is 12.4 Å². The van der Waals surface area contributed by atoms with Gasteiger partial charge in [-0.25, -0.2) is 0 Å². The van der Waals surface area contributed by atoms with E-state index in [9.17, 15) is 9.59 Å². The summed E-state index contributed by atoms with van der Waals surface area (Å²) in [6.07, 6.45) is 3.77. The third kappa shape index (κ3) is 5.42. The van der Waals surface area contributed by atoms with E-state index in [2.05, 4.69) is 4.57 Å². The Morgan fingerprint density at radius 3 is 2.62 bits per heavy atom. The third-order valence-corrected chi connectivity index (χ3v) is 7.75. The molecule has 0 unspecified atom stereocenters. The average molecular weight is 551 g/mol. The number of nitrogens with zero attached hydrogens (tertiary/aromatic N) is 2. The molecule has 3 aromatic carbocycles. The number of imide groups is 1. The van der Waals surface area contributed by atoms with Gasteiger partial charge in [-0.05, 0) is 72.6 Å². The zero-order valence-corrected chi connectivity index (χ0v) is 22.7. The molecule has 1 aliphatic heterocycles. The quantitative estimate of drug-likeness (QED) is 0.221. The molecule has 2 amide bonds. The first-order valence-electron chi connectivity index (χ1n) is 11.8. The van der Waals surface area contributed by atoms with Crippen LogP contribution < -0.4 is 4.74 Å². The number of ether oxygens (including phenoxy) is 1. The summed E-state index contributed by atoms with van der Waals surface area (Å²) in [5, 5.41) is 1.87. The van der Waals surface area contributed by atoms with E-state index in [-0.39, 0.29) is 24.3 Å². The predicted molar refractivity (Wildman–Crippen MR) is 152 cm³/mol. The van der Waals surface area contributed by atoms with Crippen LogP contribution in [0.5, 0.6) is 5.75 Å². The number of benzene rings is 3. The van der Waals surface area contributed by atoms with Crippen molar-refractivity contribution in [3.8, 4) is 5.75 Å². The molecule has 0 N–H and O–H groups in total. The Kier molecular flexibility index (Phi) is 7.33. The minimum Gasteiger partial charge on any atom is -0.491 e. The highest BCUT2D eigenvalue weighted by atomic mass is 35.5. The van der Waals surface area contributed by atoms with Gasteiger partial charge >= 0.3 is 0 Å². The van der Waals surface area contributed by atoms with Crippen LogP contribution in [0.15, 0.2) is 71.8 Å². The summed E-state index contributed by atoms with van der Waals surface area (Å²) in [4.78, 5) is 27.4. The van der Waals surface area contributed by atoms with E-state index in [0.717, 1.165) is 50.7 Å². The fourth-order valence-electron chi connectivity index (χ4n) is 4.30. The van der Waals surface area contributed by atoms with Crippen molar-refractivity contribution in [3.63, 3.8) is 0 Å². The van der Waals surface area contributed by atoms with Crippen LogP contribution in [0.25, 0.3) is 17.0 Å². The first-order chi connectivity index (χ1) is 17.8. The van der Waals surface area contributed by atoms with E-state index in [0.29, 0.717) is 21.5 Å². The molecule has 0 bridgehead atoms. The van der Waals surface area contributed by atoms with E-state index in [1.165, 1.54) is 4.90 Å². The smallest absolute Gasteiger partial charge is 0.293 e. The Balaban J connectivity index is 1.36. The van der Waals surface area contributed by atoms with Gasteiger partial charge in [-0.2, -0.15) is 0 Å². The molecule has 5 nitrogen and oxygen atoms in total. The third-order valence-electron chi connectivity index (χ3n) is 6.25. The summed E-state index contributed by atoms with van der Waals surface area (Å²) in [5.41, 5.74) is 4.89. The summed E-state index contributed by atoms with van der Waals surface area (Å²) in [6, 6.07) is 19.4. The molecular formula is C29H24Cl2N2O3S. The van der Waals surface area contributed by atoms with Crippen LogP contribution in [0.2, 0.25) is 10.0 Å². The van der Waals surface area contributed by atoms with Gasteiger partial charge in [0.15, 0.2) is 0 Å². The number of thioether (sulfide) groups is 1. The second kappa shape index (κ2) is 10.7. The van der Waals surface area contributed by atoms with Crippen molar-refractivity contribution in [2.75, 3.05) is 13.2 Å². The van der Waals surface area contributed by atoms with Crippen molar-refractivity contribution >= 4 is 63.1 Å². The molecule has 1 aliphatic rings. The lowest BCUT2D eigenvalue weighted by Crippen LogP contribution is -2.32. The summed E-state index contributed by atoms with van der Waals surface area (Å²) >= 11 is 13.4. The van der Waals surface area contributed by atoms with E-state index in [1.807, 2.05) is 74.6 Å². The average Bonchev–Trinajstić information content (AvgIpc) is 3.34. The van der Waals surface area contributed by atoms with E-state index in [1.54, 1.807) is 12.1 Å². The van der Waals surface area contributed by atoms with Gasteiger partial charge in [0.05, 0.1) is 11.4 Å². The second-order valence-corrected chi connectivity index (χ2v) is 10.8. The van der Waals surface area contributed by atoms with Crippen molar-refractivity contribution in [1.29, 1.82) is 0 Å². The molecule has 0 radical (unpaired) electrons. The molecule has 0 atom stereocenters. The standard InChI is InChI=1S/C29H24Cl2N2O3S/c1-18-7-8-19(2)26(13-18)36-12-11-33-28(34)27(37-29(33)35)14-21-17-32(25-6-4-3-5-23(21)25)16-20-9-10-22(30)15-24(20)31/h3-10,13-15,17H,11-12,16H2,1-2H3/b27-14-. The lowest BCUT2D eigenvalue weighted by molar-refractivity contribution is -0.123. The maximum atomic E-state index is 13.1. The minimum absolute atomic E-state index is 0.187. The first-order valence-corrected chi connectivity index (χ1v) is 13.3. The monoisotopic (exact) mass is 550 g/mol. The number of para-hydroxylation sites is 1. The molecule has 2 heterocycles. The Morgan fingerprint density at radius 2 is 1.81 bits per heavy atom. The van der Waals surface area contributed by atoms with Crippen molar-refractivity contribution in [3.05, 3.63) is 104 Å². The van der Waals surface area contributed by atoms with Crippen LogP contribution >= 0.6 is 35.0 Å². The lowest BCUT2D eigenvalue weighted by Gasteiger charge is -2.14. The molecule has 37 heavy (non-hydrogen) atoms. The number of rotatable bonds is 7. The van der Waals surface area contributed by atoms with Crippen LogP contribution in [0.1, 0.15) is 22.3 Å². The molecule has 0 saturated carbocycles. The highest BCUT2D eigenvalue weighted by Gasteiger charge is 2.35. The number of aromatic nitrogens is 1. The van der Waals surface area contributed by atoms with Gasteiger partial charge < -0.3 is 9.30 Å². The van der Waals surface area contributed by atoms with Crippen LogP contribution in [0.3, 0.4) is 0 Å². The van der Waals surface area contributed by atoms with E-state index < -0.39 is 0 Å².